The van der Waals surface area contributed by atoms with Crippen LogP contribution in [0.5, 0.6) is 0 Å². The van der Waals surface area contributed by atoms with Gasteiger partial charge in [-0.1, -0.05) is 48.0 Å². The number of quaternary nitrogens is 2. The topological polar surface area (TPSA) is 29.2 Å². The molecule has 0 saturated carbocycles. The zero-order valence-electron chi connectivity index (χ0n) is 15.7. The Bertz CT molecular complexity index is 1040. The summed E-state index contributed by atoms with van der Waals surface area (Å²) in [5.41, 5.74) is 3.21. The third kappa shape index (κ3) is 3.18. The molecule has 4 nitrogen and oxygen atoms in total. The third-order valence-corrected chi connectivity index (χ3v) is 6.27. The second-order valence-electron chi connectivity index (χ2n) is 7.88. The van der Waals surface area contributed by atoms with Crippen molar-refractivity contribution in [1.29, 1.82) is 0 Å². The number of halogens is 1. The molecule has 1 saturated heterocycles. The van der Waals surface area contributed by atoms with Crippen LogP contribution in [0.15, 0.2) is 60.7 Å². The summed E-state index contributed by atoms with van der Waals surface area (Å²) >= 11 is 6.12. The molecule has 2 aliphatic rings. The van der Waals surface area contributed by atoms with Gasteiger partial charge in [-0.15, -0.1) is 0 Å². The van der Waals surface area contributed by atoms with Crippen molar-refractivity contribution in [2.24, 2.45) is 0 Å². The number of anilines is 1. The number of hydrogen-bond acceptors (Lipinski definition) is 1. The summed E-state index contributed by atoms with van der Waals surface area (Å²) in [5, 5.41) is 3.07. The van der Waals surface area contributed by atoms with E-state index in [4.69, 9.17) is 11.6 Å². The van der Waals surface area contributed by atoms with Gasteiger partial charge in [0.15, 0.2) is 6.67 Å². The van der Waals surface area contributed by atoms with E-state index in [1.165, 1.54) is 10.5 Å². The highest BCUT2D eigenvalue weighted by Gasteiger charge is 2.33. The first-order valence-corrected chi connectivity index (χ1v) is 10.3. The third-order valence-electron chi connectivity index (χ3n) is 6.04. The van der Waals surface area contributed by atoms with E-state index in [-0.39, 0.29) is 5.91 Å². The SMILES string of the molecule is O=C1c2cccc3cccc(c23)N1C[NH+]1CC[NH+](Cc2cccc(Cl)c2)CC1. The minimum atomic E-state index is 0.146. The van der Waals surface area contributed by atoms with E-state index in [1.54, 1.807) is 4.90 Å². The maximum absolute atomic E-state index is 13.0. The summed E-state index contributed by atoms with van der Waals surface area (Å²) in [6, 6.07) is 20.4. The van der Waals surface area contributed by atoms with Crippen LogP contribution < -0.4 is 14.7 Å². The lowest BCUT2D eigenvalue weighted by Gasteiger charge is -2.32. The molecular weight excluding hydrogens is 370 g/mol. The van der Waals surface area contributed by atoms with E-state index < -0.39 is 0 Å². The Hall–Kier alpha value is -2.40. The Morgan fingerprint density at radius 3 is 2.39 bits per heavy atom. The van der Waals surface area contributed by atoms with E-state index >= 15 is 0 Å². The molecule has 5 rings (SSSR count). The van der Waals surface area contributed by atoms with Gasteiger partial charge in [-0.3, -0.25) is 9.69 Å². The molecule has 0 unspecified atom stereocenters. The van der Waals surface area contributed by atoms with Gasteiger partial charge in [-0.05, 0) is 29.7 Å². The molecule has 0 spiro atoms. The second kappa shape index (κ2) is 7.21. The van der Waals surface area contributed by atoms with E-state index in [0.717, 1.165) is 66.4 Å². The van der Waals surface area contributed by atoms with Crippen LogP contribution in [-0.4, -0.2) is 38.8 Å². The van der Waals surface area contributed by atoms with Crippen LogP contribution in [0.4, 0.5) is 5.69 Å². The van der Waals surface area contributed by atoms with Gasteiger partial charge in [-0.25, -0.2) is 0 Å². The average Bonchev–Trinajstić information content (AvgIpc) is 2.98. The summed E-state index contributed by atoms with van der Waals surface area (Å²) in [6.07, 6.45) is 0. The van der Waals surface area contributed by atoms with Crippen molar-refractivity contribution in [2.75, 3.05) is 37.7 Å². The minimum Gasteiger partial charge on any atom is -0.322 e. The van der Waals surface area contributed by atoms with Gasteiger partial charge in [0.05, 0.1) is 11.3 Å². The van der Waals surface area contributed by atoms with Gasteiger partial charge in [0, 0.05) is 16.0 Å². The van der Waals surface area contributed by atoms with Gasteiger partial charge in [0.25, 0.3) is 5.91 Å². The largest absolute Gasteiger partial charge is 0.322 e. The van der Waals surface area contributed by atoms with E-state index in [2.05, 4.69) is 36.4 Å². The zero-order valence-corrected chi connectivity index (χ0v) is 16.5. The Labute approximate surface area is 169 Å². The molecular formula is C23H24ClN3O+2. The van der Waals surface area contributed by atoms with Crippen molar-refractivity contribution < 1.29 is 14.6 Å². The van der Waals surface area contributed by atoms with Crippen molar-refractivity contribution in [2.45, 2.75) is 6.54 Å². The number of carbonyl (C=O) groups is 1. The van der Waals surface area contributed by atoms with Crippen LogP contribution in [0.1, 0.15) is 15.9 Å². The van der Waals surface area contributed by atoms with Crippen LogP contribution in [0.3, 0.4) is 0 Å². The second-order valence-corrected chi connectivity index (χ2v) is 8.32. The molecule has 2 heterocycles. The molecule has 2 aliphatic heterocycles. The molecule has 3 aromatic rings. The van der Waals surface area contributed by atoms with Crippen LogP contribution >= 0.6 is 11.6 Å². The lowest BCUT2D eigenvalue weighted by molar-refractivity contribution is -1.02. The molecule has 0 bridgehead atoms. The summed E-state index contributed by atoms with van der Waals surface area (Å²) < 4.78 is 0. The number of amides is 1. The van der Waals surface area contributed by atoms with E-state index in [1.807, 2.05) is 29.2 Å². The van der Waals surface area contributed by atoms with Gasteiger partial charge >= 0.3 is 0 Å². The molecule has 0 radical (unpaired) electrons. The quantitative estimate of drug-likeness (QED) is 0.689. The van der Waals surface area contributed by atoms with Crippen LogP contribution in [0.25, 0.3) is 10.8 Å². The van der Waals surface area contributed by atoms with Crippen LogP contribution in [0.2, 0.25) is 5.02 Å². The number of rotatable bonds is 4. The number of piperazine rings is 1. The number of nitrogens with zero attached hydrogens (tertiary/aromatic N) is 1. The molecule has 1 amide bonds. The summed E-state index contributed by atoms with van der Waals surface area (Å²) in [7, 11) is 0. The molecule has 28 heavy (non-hydrogen) atoms. The monoisotopic (exact) mass is 393 g/mol. The highest BCUT2D eigenvalue weighted by Crippen LogP contribution is 2.36. The zero-order chi connectivity index (χ0) is 19.1. The Morgan fingerprint density at radius 2 is 1.61 bits per heavy atom. The molecule has 3 aromatic carbocycles. The standard InChI is InChI=1S/C23H22ClN3O/c24-19-7-1-4-17(14-19)15-25-10-12-26(13-11-25)16-27-21-9-3-6-18-5-2-8-20(22(18)21)23(27)28/h1-9,14H,10-13,15-16H2/p+2. The van der Waals surface area contributed by atoms with Gasteiger partial charge < -0.3 is 9.80 Å². The number of carbonyl (C=O) groups excluding carboxylic acids is 1. The smallest absolute Gasteiger partial charge is 0.263 e. The predicted molar refractivity (Wildman–Crippen MR) is 112 cm³/mol. The molecule has 142 valence electrons. The van der Waals surface area contributed by atoms with Crippen molar-refractivity contribution in [1.82, 2.24) is 0 Å². The highest BCUT2D eigenvalue weighted by atomic mass is 35.5. The summed E-state index contributed by atoms with van der Waals surface area (Å²) in [6.45, 7) is 6.14. The molecule has 0 atom stereocenters. The van der Waals surface area contributed by atoms with Crippen LogP contribution in [-0.2, 0) is 6.54 Å². The lowest BCUT2D eigenvalue weighted by Crippen LogP contribution is -3.28. The lowest BCUT2D eigenvalue weighted by atomic mass is 10.1. The Balaban J connectivity index is 1.25. The Kier molecular flexibility index (Phi) is 4.55. The Morgan fingerprint density at radius 1 is 0.893 bits per heavy atom. The van der Waals surface area contributed by atoms with E-state index in [0.29, 0.717) is 0 Å². The fourth-order valence-corrected chi connectivity index (χ4v) is 4.80. The van der Waals surface area contributed by atoms with Gasteiger partial charge in [0.2, 0.25) is 0 Å². The fourth-order valence-electron chi connectivity index (χ4n) is 4.59. The highest BCUT2D eigenvalue weighted by molar-refractivity contribution is 6.30. The summed E-state index contributed by atoms with van der Waals surface area (Å²) in [4.78, 5) is 18.0. The first-order chi connectivity index (χ1) is 13.7. The molecule has 0 aliphatic carbocycles. The van der Waals surface area contributed by atoms with Crippen LogP contribution in [0, 0.1) is 0 Å². The number of nitrogens with one attached hydrogen (secondary N) is 2. The van der Waals surface area contributed by atoms with Gasteiger partial charge in [-0.2, -0.15) is 0 Å². The van der Waals surface area contributed by atoms with Crippen molar-refractivity contribution in [3.8, 4) is 0 Å². The first-order valence-electron chi connectivity index (χ1n) is 9.94. The molecule has 2 N–H and O–H groups in total. The first kappa shape index (κ1) is 17.7. The molecule has 0 aromatic heterocycles. The maximum atomic E-state index is 13.0. The van der Waals surface area contributed by atoms with E-state index in [9.17, 15) is 4.79 Å². The molecule has 5 heteroatoms. The minimum absolute atomic E-state index is 0.146. The average molecular weight is 394 g/mol. The van der Waals surface area contributed by atoms with Crippen molar-refractivity contribution in [3.63, 3.8) is 0 Å². The van der Waals surface area contributed by atoms with Crippen molar-refractivity contribution >= 4 is 34.0 Å². The number of benzene rings is 3. The molecule has 1 fully saturated rings. The fraction of sp³-hybridized carbons (Fsp3) is 0.261. The predicted octanol–water partition coefficient (Wildman–Crippen LogP) is 1.39. The summed E-state index contributed by atoms with van der Waals surface area (Å²) in [5.74, 6) is 0.146. The van der Waals surface area contributed by atoms with Crippen molar-refractivity contribution in [3.05, 3.63) is 76.8 Å². The van der Waals surface area contributed by atoms with Gasteiger partial charge in [0.1, 0.15) is 32.7 Å². The normalized spacial score (nSPS) is 21.5. The maximum Gasteiger partial charge on any atom is 0.263 e. The number of hydrogen-bond donors (Lipinski definition) is 2.